The van der Waals surface area contributed by atoms with Crippen LogP contribution in [0.4, 0.5) is 5.69 Å². The van der Waals surface area contributed by atoms with Crippen LogP contribution in [0.25, 0.3) is 0 Å². The number of nitrogens with zero attached hydrogens (tertiary/aromatic N) is 2. The van der Waals surface area contributed by atoms with Gasteiger partial charge in [-0.3, -0.25) is 4.79 Å². The fraction of sp³-hybridized carbons (Fsp3) is 0.467. The molecule has 18 heavy (non-hydrogen) atoms. The summed E-state index contributed by atoms with van der Waals surface area (Å²) in [6.45, 7) is 6.45. The van der Waals surface area contributed by atoms with Gasteiger partial charge in [-0.2, -0.15) is 5.26 Å². The van der Waals surface area contributed by atoms with E-state index in [-0.39, 0.29) is 17.4 Å². The largest absolute Gasteiger partial charge is 0.309 e. The SMILES string of the molecule is CC(C)(C)C1CCC(=O)N1c1cccc(C#N)c1. The molecule has 1 saturated heterocycles. The number of hydrogen-bond acceptors (Lipinski definition) is 2. The van der Waals surface area contributed by atoms with E-state index in [1.54, 1.807) is 12.1 Å². The molecule has 0 bridgehead atoms. The van der Waals surface area contributed by atoms with Gasteiger partial charge in [0.2, 0.25) is 5.91 Å². The quantitative estimate of drug-likeness (QED) is 0.759. The van der Waals surface area contributed by atoms with Gasteiger partial charge >= 0.3 is 0 Å². The van der Waals surface area contributed by atoms with E-state index < -0.39 is 0 Å². The van der Waals surface area contributed by atoms with Crippen molar-refractivity contribution in [2.45, 2.75) is 39.7 Å². The van der Waals surface area contributed by atoms with Crippen molar-refractivity contribution >= 4 is 11.6 Å². The second-order valence-corrected chi connectivity index (χ2v) is 5.85. The van der Waals surface area contributed by atoms with Crippen molar-refractivity contribution in [3.63, 3.8) is 0 Å². The first kappa shape index (κ1) is 12.6. The van der Waals surface area contributed by atoms with Gasteiger partial charge in [0.25, 0.3) is 0 Å². The molecule has 1 aliphatic heterocycles. The predicted octanol–water partition coefficient (Wildman–Crippen LogP) is 3.10. The molecule has 94 valence electrons. The lowest BCUT2D eigenvalue weighted by atomic mass is 9.85. The topological polar surface area (TPSA) is 44.1 Å². The fourth-order valence-electron chi connectivity index (χ4n) is 2.55. The highest BCUT2D eigenvalue weighted by atomic mass is 16.2. The summed E-state index contributed by atoms with van der Waals surface area (Å²) in [5.74, 6) is 0.157. The van der Waals surface area contributed by atoms with E-state index in [2.05, 4.69) is 26.8 Å². The van der Waals surface area contributed by atoms with Crippen molar-refractivity contribution in [1.82, 2.24) is 0 Å². The van der Waals surface area contributed by atoms with Crippen LogP contribution < -0.4 is 4.90 Å². The summed E-state index contributed by atoms with van der Waals surface area (Å²) in [4.78, 5) is 13.9. The zero-order chi connectivity index (χ0) is 13.3. The molecule has 1 aromatic rings. The average molecular weight is 242 g/mol. The Balaban J connectivity index is 2.40. The first-order chi connectivity index (χ1) is 8.43. The third kappa shape index (κ3) is 2.24. The maximum atomic E-state index is 12.1. The minimum atomic E-state index is 0.0504. The van der Waals surface area contributed by atoms with Gasteiger partial charge in [-0.05, 0) is 30.0 Å². The summed E-state index contributed by atoms with van der Waals surface area (Å²) in [5.41, 5.74) is 1.49. The molecule has 1 heterocycles. The predicted molar refractivity (Wildman–Crippen MR) is 71.1 cm³/mol. The Bertz CT molecular complexity index is 508. The van der Waals surface area contributed by atoms with Crippen LogP contribution in [0.1, 0.15) is 39.2 Å². The van der Waals surface area contributed by atoms with Crippen molar-refractivity contribution in [2.24, 2.45) is 5.41 Å². The van der Waals surface area contributed by atoms with E-state index in [1.807, 2.05) is 17.0 Å². The van der Waals surface area contributed by atoms with Crippen molar-refractivity contribution < 1.29 is 4.79 Å². The molecule has 1 fully saturated rings. The normalized spacial score (nSPS) is 20.0. The summed E-state index contributed by atoms with van der Waals surface area (Å²) in [7, 11) is 0. The maximum absolute atomic E-state index is 12.1. The Kier molecular flexibility index (Phi) is 3.13. The average Bonchev–Trinajstić information content (AvgIpc) is 2.71. The van der Waals surface area contributed by atoms with Crippen LogP contribution in [0, 0.1) is 16.7 Å². The molecule has 1 aromatic carbocycles. The number of anilines is 1. The molecule has 0 aromatic heterocycles. The highest BCUT2D eigenvalue weighted by Gasteiger charge is 2.39. The zero-order valence-electron chi connectivity index (χ0n) is 11.1. The number of hydrogen-bond donors (Lipinski definition) is 0. The molecule has 1 atom stereocenters. The van der Waals surface area contributed by atoms with Crippen molar-refractivity contribution in [3.05, 3.63) is 29.8 Å². The Labute approximate surface area is 108 Å². The summed E-state index contributed by atoms with van der Waals surface area (Å²) >= 11 is 0. The van der Waals surface area contributed by atoms with Gasteiger partial charge in [-0.1, -0.05) is 26.8 Å². The lowest BCUT2D eigenvalue weighted by molar-refractivity contribution is -0.117. The molecular weight excluding hydrogens is 224 g/mol. The molecular formula is C15H18N2O. The van der Waals surface area contributed by atoms with Crippen LogP contribution >= 0.6 is 0 Å². The van der Waals surface area contributed by atoms with Crippen LogP contribution in [0.5, 0.6) is 0 Å². The minimum absolute atomic E-state index is 0.0504. The van der Waals surface area contributed by atoms with Gasteiger partial charge in [0, 0.05) is 18.2 Å². The third-order valence-corrected chi connectivity index (χ3v) is 3.47. The number of nitriles is 1. The molecule has 1 unspecified atom stereocenters. The van der Waals surface area contributed by atoms with Crippen LogP contribution in [0.2, 0.25) is 0 Å². The van der Waals surface area contributed by atoms with Gasteiger partial charge < -0.3 is 4.90 Å². The molecule has 0 radical (unpaired) electrons. The van der Waals surface area contributed by atoms with E-state index in [9.17, 15) is 4.79 Å². The van der Waals surface area contributed by atoms with Gasteiger partial charge in [0.15, 0.2) is 0 Å². The molecule has 3 heteroatoms. The minimum Gasteiger partial charge on any atom is -0.309 e. The smallest absolute Gasteiger partial charge is 0.227 e. The molecule has 0 spiro atoms. The first-order valence-electron chi connectivity index (χ1n) is 6.25. The Hall–Kier alpha value is -1.82. The van der Waals surface area contributed by atoms with E-state index in [0.717, 1.165) is 12.1 Å². The molecule has 0 N–H and O–H groups in total. The van der Waals surface area contributed by atoms with Gasteiger partial charge in [-0.25, -0.2) is 0 Å². The second kappa shape index (κ2) is 4.45. The van der Waals surface area contributed by atoms with Crippen LogP contribution in [-0.2, 0) is 4.79 Å². The van der Waals surface area contributed by atoms with E-state index in [4.69, 9.17) is 5.26 Å². The van der Waals surface area contributed by atoms with Crippen LogP contribution in [0.15, 0.2) is 24.3 Å². The standard InChI is InChI=1S/C15H18N2O/c1-15(2,3)13-7-8-14(18)17(13)12-6-4-5-11(9-12)10-16/h4-6,9,13H,7-8H2,1-3H3. The third-order valence-electron chi connectivity index (χ3n) is 3.47. The second-order valence-electron chi connectivity index (χ2n) is 5.85. The molecule has 3 nitrogen and oxygen atoms in total. The molecule has 2 rings (SSSR count). The van der Waals surface area contributed by atoms with Crippen molar-refractivity contribution in [1.29, 1.82) is 5.26 Å². The Morgan fingerprint density at radius 3 is 2.72 bits per heavy atom. The molecule has 0 saturated carbocycles. The summed E-state index contributed by atoms with van der Waals surface area (Å²) in [6, 6.07) is 9.62. The van der Waals surface area contributed by atoms with Crippen LogP contribution in [-0.4, -0.2) is 11.9 Å². The number of carbonyl (C=O) groups excluding carboxylic acids is 1. The highest BCUT2D eigenvalue weighted by molar-refractivity contribution is 5.96. The van der Waals surface area contributed by atoms with E-state index in [1.165, 1.54) is 0 Å². The van der Waals surface area contributed by atoms with Gasteiger partial charge in [0.05, 0.1) is 11.6 Å². The van der Waals surface area contributed by atoms with E-state index >= 15 is 0 Å². The molecule has 1 amide bonds. The highest BCUT2D eigenvalue weighted by Crippen LogP contribution is 2.36. The van der Waals surface area contributed by atoms with E-state index in [0.29, 0.717) is 12.0 Å². The lowest BCUT2D eigenvalue weighted by Crippen LogP contribution is -2.41. The number of amides is 1. The van der Waals surface area contributed by atoms with Crippen molar-refractivity contribution in [2.75, 3.05) is 4.90 Å². The zero-order valence-corrected chi connectivity index (χ0v) is 11.1. The fourth-order valence-corrected chi connectivity index (χ4v) is 2.55. The Morgan fingerprint density at radius 1 is 1.39 bits per heavy atom. The monoisotopic (exact) mass is 242 g/mol. The molecule has 0 aliphatic carbocycles. The summed E-state index contributed by atoms with van der Waals surface area (Å²) in [6.07, 6.45) is 1.48. The van der Waals surface area contributed by atoms with Gasteiger partial charge in [0.1, 0.15) is 0 Å². The van der Waals surface area contributed by atoms with Gasteiger partial charge in [-0.15, -0.1) is 0 Å². The molecule has 1 aliphatic rings. The summed E-state index contributed by atoms with van der Waals surface area (Å²) in [5, 5.41) is 8.94. The number of benzene rings is 1. The number of rotatable bonds is 1. The lowest BCUT2D eigenvalue weighted by Gasteiger charge is -2.35. The Morgan fingerprint density at radius 2 is 2.11 bits per heavy atom. The van der Waals surface area contributed by atoms with Crippen LogP contribution in [0.3, 0.4) is 0 Å². The first-order valence-corrected chi connectivity index (χ1v) is 6.25. The van der Waals surface area contributed by atoms with Crippen molar-refractivity contribution in [3.8, 4) is 6.07 Å². The maximum Gasteiger partial charge on any atom is 0.227 e. The summed E-state index contributed by atoms with van der Waals surface area (Å²) < 4.78 is 0. The number of carbonyl (C=O) groups is 1.